The Labute approximate surface area is 160 Å². The van der Waals surface area contributed by atoms with Crippen LogP contribution < -0.4 is 27.4 Å². The Morgan fingerprint density at radius 3 is 2.07 bits per heavy atom. The van der Waals surface area contributed by atoms with Gasteiger partial charge in [0.05, 0.1) is 19.6 Å². The Bertz CT molecular complexity index is 571. The number of carboxylic acid groups (broad SMARTS) is 2. The number of rotatable bonds is 14. The van der Waals surface area contributed by atoms with Crippen LogP contribution in [0, 0.1) is 0 Å². The van der Waals surface area contributed by atoms with Gasteiger partial charge in [0, 0.05) is 0 Å². The number of amides is 3. The van der Waals surface area contributed by atoms with Crippen LogP contribution in [0.15, 0.2) is 0 Å². The number of nitrogens with one attached hydrogen (secondary N) is 3. The largest absolute Gasteiger partial charge is 0.481 e. The maximum Gasteiger partial charge on any atom is 0.326 e. The van der Waals surface area contributed by atoms with Crippen molar-refractivity contribution >= 4 is 29.7 Å². The zero-order chi connectivity index (χ0) is 21.7. The Hall–Kier alpha value is -2.77. The van der Waals surface area contributed by atoms with E-state index in [1.165, 1.54) is 0 Å². The molecule has 0 radical (unpaired) electrons. The van der Waals surface area contributed by atoms with Crippen molar-refractivity contribution in [1.29, 1.82) is 0 Å². The fourth-order valence-corrected chi connectivity index (χ4v) is 2.03. The smallest absolute Gasteiger partial charge is 0.326 e. The molecule has 0 spiro atoms. The topological polar surface area (TPSA) is 234 Å². The van der Waals surface area contributed by atoms with Gasteiger partial charge in [-0.2, -0.15) is 0 Å². The summed E-state index contributed by atoms with van der Waals surface area (Å²) in [7, 11) is 0. The number of hydrogen-bond acceptors (Lipinski definition) is 8. The van der Waals surface area contributed by atoms with E-state index in [1.807, 2.05) is 0 Å². The summed E-state index contributed by atoms with van der Waals surface area (Å²) >= 11 is 0. The fraction of sp³-hybridized carbons (Fsp3) is 0.667. The van der Waals surface area contributed by atoms with Crippen LogP contribution in [0.3, 0.4) is 0 Å². The Morgan fingerprint density at radius 2 is 1.57 bits per heavy atom. The summed E-state index contributed by atoms with van der Waals surface area (Å²) < 4.78 is 0. The van der Waals surface area contributed by atoms with Crippen molar-refractivity contribution in [2.75, 3.05) is 19.7 Å². The molecule has 3 atom stereocenters. The number of aliphatic hydroxyl groups excluding tert-OH is 1. The molecule has 3 unspecified atom stereocenters. The zero-order valence-electron chi connectivity index (χ0n) is 15.2. The molecular formula is C15H27N5O8. The standard InChI is InChI=1S/C15H27N5O8/c16-4-2-1-3-9(15(27)28)20-14(26)10(5-12(23)24)19-11(22)6-18-13(25)8(17)7-21/h8-10,21H,1-7,16-17H2,(H,18,25)(H,19,22)(H,20,26)(H,23,24)(H,27,28). The number of carbonyl (C=O) groups is 5. The molecule has 13 heteroatoms. The van der Waals surface area contributed by atoms with Gasteiger partial charge < -0.3 is 42.7 Å². The molecule has 0 aliphatic carbocycles. The highest BCUT2D eigenvalue weighted by molar-refractivity contribution is 5.94. The molecule has 0 rings (SSSR count). The summed E-state index contributed by atoms with van der Waals surface area (Å²) in [6.07, 6.45) is 0.267. The van der Waals surface area contributed by atoms with Crippen molar-refractivity contribution in [2.24, 2.45) is 11.5 Å². The van der Waals surface area contributed by atoms with Gasteiger partial charge in [-0.3, -0.25) is 19.2 Å². The van der Waals surface area contributed by atoms with Crippen molar-refractivity contribution in [3.05, 3.63) is 0 Å². The zero-order valence-corrected chi connectivity index (χ0v) is 15.2. The highest BCUT2D eigenvalue weighted by Gasteiger charge is 2.28. The number of nitrogens with two attached hydrogens (primary N) is 2. The lowest BCUT2D eigenvalue weighted by Crippen LogP contribution is -2.54. The van der Waals surface area contributed by atoms with Gasteiger partial charge in [-0.05, 0) is 25.8 Å². The van der Waals surface area contributed by atoms with Crippen LogP contribution in [0.25, 0.3) is 0 Å². The third kappa shape index (κ3) is 10.4. The molecule has 0 saturated heterocycles. The van der Waals surface area contributed by atoms with Gasteiger partial charge in [0.15, 0.2) is 0 Å². The first-order valence-corrected chi connectivity index (χ1v) is 8.50. The molecule has 0 saturated carbocycles. The highest BCUT2D eigenvalue weighted by atomic mass is 16.4. The second-order valence-electron chi connectivity index (χ2n) is 5.91. The highest BCUT2D eigenvalue weighted by Crippen LogP contribution is 2.03. The van der Waals surface area contributed by atoms with E-state index in [0.29, 0.717) is 19.4 Å². The Kier molecular flexibility index (Phi) is 12.1. The molecule has 0 aromatic rings. The monoisotopic (exact) mass is 405 g/mol. The van der Waals surface area contributed by atoms with Gasteiger partial charge >= 0.3 is 11.9 Å². The van der Waals surface area contributed by atoms with Crippen LogP contribution in [0.1, 0.15) is 25.7 Å². The number of aliphatic hydroxyl groups is 1. The molecule has 160 valence electrons. The third-order valence-electron chi connectivity index (χ3n) is 3.55. The predicted octanol–water partition coefficient (Wildman–Crippen LogP) is -3.92. The molecule has 10 N–H and O–H groups in total. The van der Waals surface area contributed by atoms with Crippen LogP contribution in [0.5, 0.6) is 0 Å². The second-order valence-corrected chi connectivity index (χ2v) is 5.91. The minimum Gasteiger partial charge on any atom is -0.481 e. The first-order valence-electron chi connectivity index (χ1n) is 8.50. The lowest BCUT2D eigenvalue weighted by atomic mass is 10.1. The molecule has 0 aliphatic rings. The molecule has 0 fully saturated rings. The predicted molar refractivity (Wildman–Crippen MR) is 94.7 cm³/mol. The summed E-state index contributed by atoms with van der Waals surface area (Å²) in [6.45, 7) is -0.906. The van der Waals surface area contributed by atoms with Crippen molar-refractivity contribution in [2.45, 2.75) is 43.8 Å². The number of hydrogen-bond donors (Lipinski definition) is 8. The van der Waals surface area contributed by atoms with Gasteiger partial charge in [-0.1, -0.05) is 0 Å². The van der Waals surface area contributed by atoms with E-state index in [9.17, 15) is 24.0 Å². The van der Waals surface area contributed by atoms with E-state index in [-0.39, 0.29) is 6.42 Å². The maximum atomic E-state index is 12.2. The summed E-state index contributed by atoms with van der Waals surface area (Å²) in [5.41, 5.74) is 10.6. The van der Waals surface area contributed by atoms with Crippen LogP contribution in [-0.4, -0.2) is 82.8 Å². The average molecular weight is 405 g/mol. The lowest BCUT2D eigenvalue weighted by molar-refractivity contribution is -0.143. The average Bonchev–Trinajstić information content (AvgIpc) is 2.63. The van der Waals surface area contributed by atoms with E-state index in [4.69, 9.17) is 26.8 Å². The van der Waals surface area contributed by atoms with Gasteiger partial charge in [-0.25, -0.2) is 4.79 Å². The minimum absolute atomic E-state index is 0.0844. The van der Waals surface area contributed by atoms with E-state index in [2.05, 4.69) is 16.0 Å². The van der Waals surface area contributed by atoms with Crippen LogP contribution in [-0.2, 0) is 24.0 Å². The van der Waals surface area contributed by atoms with Gasteiger partial charge in [-0.15, -0.1) is 0 Å². The van der Waals surface area contributed by atoms with Crippen molar-refractivity contribution in [1.82, 2.24) is 16.0 Å². The van der Waals surface area contributed by atoms with Crippen molar-refractivity contribution in [3.8, 4) is 0 Å². The first-order chi connectivity index (χ1) is 13.1. The van der Waals surface area contributed by atoms with E-state index in [0.717, 1.165) is 0 Å². The quantitative estimate of drug-likeness (QED) is 0.131. The van der Waals surface area contributed by atoms with Gasteiger partial charge in [0.1, 0.15) is 18.1 Å². The van der Waals surface area contributed by atoms with Crippen molar-refractivity contribution < 1.29 is 39.3 Å². The number of unbranched alkanes of at least 4 members (excludes halogenated alkanes) is 1. The molecule has 3 amide bonds. The van der Waals surface area contributed by atoms with Gasteiger partial charge in [0.25, 0.3) is 0 Å². The summed E-state index contributed by atoms with van der Waals surface area (Å²) in [6, 6.07) is -4.06. The molecule has 28 heavy (non-hydrogen) atoms. The first kappa shape index (κ1) is 25.2. The molecule has 0 heterocycles. The normalized spacial score (nSPS) is 13.7. The molecule has 0 aromatic heterocycles. The molecule has 0 bridgehead atoms. The van der Waals surface area contributed by atoms with E-state index < -0.39 is 67.4 Å². The van der Waals surface area contributed by atoms with Crippen LogP contribution in [0.2, 0.25) is 0 Å². The molecule has 13 nitrogen and oxygen atoms in total. The number of carboxylic acids is 2. The fourth-order valence-electron chi connectivity index (χ4n) is 2.03. The van der Waals surface area contributed by atoms with Crippen LogP contribution >= 0.6 is 0 Å². The Balaban J connectivity index is 4.87. The summed E-state index contributed by atoms with van der Waals surface area (Å²) in [4.78, 5) is 57.7. The van der Waals surface area contributed by atoms with E-state index >= 15 is 0 Å². The number of aliphatic carboxylic acids is 2. The summed E-state index contributed by atoms with van der Waals surface area (Å²) in [5.74, 6) is -5.41. The number of carbonyl (C=O) groups excluding carboxylic acids is 3. The maximum absolute atomic E-state index is 12.2. The van der Waals surface area contributed by atoms with Crippen LogP contribution in [0.4, 0.5) is 0 Å². The SMILES string of the molecule is NCCCCC(NC(=O)C(CC(=O)O)NC(=O)CNC(=O)C(N)CO)C(=O)O. The van der Waals surface area contributed by atoms with Crippen molar-refractivity contribution in [3.63, 3.8) is 0 Å². The second kappa shape index (κ2) is 13.4. The lowest BCUT2D eigenvalue weighted by Gasteiger charge is -2.20. The Morgan fingerprint density at radius 1 is 0.929 bits per heavy atom. The summed E-state index contributed by atoms with van der Waals surface area (Å²) in [5, 5.41) is 33.2. The molecule has 0 aromatic carbocycles. The van der Waals surface area contributed by atoms with E-state index in [1.54, 1.807) is 0 Å². The van der Waals surface area contributed by atoms with Gasteiger partial charge in [0.2, 0.25) is 17.7 Å². The molecular weight excluding hydrogens is 378 g/mol. The molecule has 0 aliphatic heterocycles. The third-order valence-corrected chi connectivity index (χ3v) is 3.55. The minimum atomic E-state index is -1.55.